The number of thiazole rings is 1. The van der Waals surface area contributed by atoms with Gasteiger partial charge in [-0.25, -0.2) is 4.98 Å². The summed E-state index contributed by atoms with van der Waals surface area (Å²) in [4.78, 5) is 30.5. The molecular weight excluding hydrogens is 457 g/mol. The minimum absolute atomic E-state index is 0.181. The van der Waals surface area contributed by atoms with Gasteiger partial charge in [0.1, 0.15) is 0 Å². The van der Waals surface area contributed by atoms with E-state index in [1.807, 2.05) is 0 Å². The SMILES string of the molecule is Cc1ncsc1C1(CNC(=O)c2ccccc2-c2ccc(C(F)(F)F)cc2)NC(O)NC1=O. The van der Waals surface area contributed by atoms with Crippen LogP contribution in [0.5, 0.6) is 0 Å². The van der Waals surface area contributed by atoms with Gasteiger partial charge in [0.2, 0.25) is 0 Å². The van der Waals surface area contributed by atoms with E-state index in [1.54, 1.807) is 36.7 Å². The highest BCUT2D eigenvalue weighted by atomic mass is 32.1. The van der Waals surface area contributed by atoms with Crippen LogP contribution in [0, 0.1) is 6.92 Å². The van der Waals surface area contributed by atoms with Gasteiger partial charge in [0.15, 0.2) is 11.9 Å². The number of alkyl halides is 3. The number of amides is 2. The van der Waals surface area contributed by atoms with Crippen LogP contribution < -0.4 is 16.0 Å². The average molecular weight is 476 g/mol. The van der Waals surface area contributed by atoms with Gasteiger partial charge < -0.3 is 15.7 Å². The lowest BCUT2D eigenvalue weighted by molar-refractivity contribution is -0.137. The molecule has 0 radical (unpaired) electrons. The molecule has 1 fully saturated rings. The Morgan fingerprint density at radius 2 is 1.91 bits per heavy atom. The summed E-state index contributed by atoms with van der Waals surface area (Å²) in [6.45, 7) is 1.54. The normalized spacial score (nSPS) is 20.5. The summed E-state index contributed by atoms with van der Waals surface area (Å²) in [5.41, 5.74) is 1.05. The summed E-state index contributed by atoms with van der Waals surface area (Å²) in [6.07, 6.45) is -5.76. The number of carbonyl (C=O) groups is 2. The van der Waals surface area contributed by atoms with Crippen molar-refractivity contribution in [3.63, 3.8) is 0 Å². The summed E-state index contributed by atoms with van der Waals surface area (Å²) in [7, 11) is 0. The Morgan fingerprint density at radius 1 is 1.21 bits per heavy atom. The zero-order chi connectivity index (χ0) is 23.8. The van der Waals surface area contributed by atoms with Crippen LogP contribution in [-0.2, 0) is 16.5 Å². The van der Waals surface area contributed by atoms with Crippen LogP contribution in [0.1, 0.15) is 26.5 Å². The lowest BCUT2D eigenvalue weighted by Gasteiger charge is -2.26. The molecule has 0 spiro atoms. The molecule has 4 N–H and O–H groups in total. The molecule has 4 rings (SSSR count). The lowest BCUT2D eigenvalue weighted by Crippen LogP contribution is -2.53. The molecule has 0 bridgehead atoms. The average Bonchev–Trinajstić information content (AvgIpc) is 3.34. The molecule has 1 aliphatic heterocycles. The number of halogens is 3. The lowest BCUT2D eigenvalue weighted by atomic mass is 9.95. The number of nitrogens with one attached hydrogen (secondary N) is 3. The van der Waals surface area contributed by atoms with Gasteiger partial charge in [0.05, 0.1) is 28.2 Å². The van der Waals surface area contributed by atoms with Crippen molar-refractivity contribution in [3.05, 3.63) is 75.7 Å². The monoisotopic (exact) mass is 476 g/mol. The minimum Gasteiger partial charge on any atom is -0.361 e. The van der Waals surface area contributed by atoms with E-state index in [-0.39, 0.29) is 12.1 Å². The molecule has 0 saturated carbocycles. The number of benzene rings is 2. The second-order valence-corrected chi connectivity index (χ2v) is 8.35. The smallest absolute Gasteiger partial charge is 0.361 e. The number of rotatable bonds is 5. The highest BCUT2D eigenvalue weighted by molar-refractivity contribution is 7.10. The van der Waals surface area contributed by atoms with E-state index >= 15 is 0 Å². The van der Waals surface area contributed by atoms with Crippen molar-refractivity contribution in [1.82, 2.24) is 20.9 Å². The first-order chi connectivity index (χ1) is 15.6. The highest BCUT2D eigenvalue weighted by Gasteiger charge is 2.49. The fourth-order valence-electron chi connectivity index (χ4n) is 3.75. The number of hydrogen-bond acceptors (Lipinski definition) is 6. The minimum atomic E-state index is -4.46. The molecule has 2 heterocycles. The second kappa shape index (κ2) is 8.58. The molecule has 2 atom stereocenters. The quantitative estimate of drug-likeness (QED) is 0.454. The Morgan fingerprint density at radius 3 is 2.48 bits per heavy atom. The van der Waals surface area contributed by atoms with Crippen LogP contribution in [-0.4, -0.2) is 34.8 Å². The fourth-order valence-corrected chi connectivity index (χ4v) is 4.72. The maximum atomic E-state index is 13.1. The zero-order valence-corrected chi connectivity index (χ0v) is 18.1. The Labute approximate surface area is 190 Å². The van der Waals surface area contributed by atoms with Gasteiger partial charge in [0.25, 0.3) is 11.8 Å². The molecule has 11 heteroatoms. The first kappa shape index (κ1) is 22.9. The number of aryl methyl sites for hydroxylation is 1. The van der Waals surface area contributed by atoms with E-state index in [0.717, 1.165) is 12.1 Å². The maximum absolute atomic E-state index is 13.1. The van der Waals surface area contributed by atoms with Crippen molar-refractivity contribution >= 4 is 23.2 Å². The van der Waals surface area contributed by atoms with Gasteiger partial charge >= 0.3 is 6.18 Å². The van der Waals surface area contributed by atoms with Crippen LogP contribution in [0.15, 0.2) is 54.0 Å². The first-order valence-electron chi connectivity index (χ1n) is 9.84. The second-order valence-electron chi connectivity index (χ2n) is 7.50. The van der Waals surface area contributed by atoms with Gasteiger partial charge in [-0.15, -0.1) is 11.3 Å². The standard InChI is InChI=1S/C22H19F3N4O3S/c1-12-17(33-11-27-12)21(19(31)28-20(32)29-21)10-26-18(30)16-5-3-2-4-15(16)13-6-8-14(9-7-13)22(23,24)25/h2-9,11,20,29,32H,10H2,1H3,(H,26,30)(H,28,31). The van der Waals surface area contributed by atoms with Gasteiger partial charge in [-0.1, -0.05) is 30.3 Å². The van der Waals surface area contributed by atoms with Gasteiger partial charge in [-0.3, -0.25) is 14.9 Å². The van der Waals surface area contributed by atoms with E-state index in [0.29, 0.717) is 21.7 Å². The Bertz CT molecular complexity index is 1200. The van der Waals surface area contributed by atoms with E-state index in [2.05, 4.69) is 20.9 Å². The summed E-state index contributed by atoms with van der Waals surface area (Å²) >= 11 is 1.21. The zero-order valence-electron chi connectivity index (χ0n) is 17.2. The molecule has 7 nitrogen and oxygen atoms in total. The van der Waals surface area contributed by atoms with Gasteiger partial charge in [-0.05, 0) is 36.2 Å². The molecule has 3 aromatic rings. The highest BCUT2D eigenvalue weighted by Crippen LogP contribution is 2.33. The third kappa shape index (κ3) is 4.34. The van der Waals surface area contributed by atoms with Crippen LogP contribution in [0.25, 0.3) is 11.1 Å². The van der Waals surface area contributed by atoms with Crippen molar-refractivity contribution < 1.29 is 27.9 Å². The molecule has 33 heavy (non-hydrogen) atoms. The summed E-state index contributed by atoms with van der Waals surface area (Å²) < 4.78 is 38.7. The first-order valence-corrected chi connectivity index (χ1v) is 10.7. The van der Waals surface area contributed by atoms with Crippen molar-refractivity contribution in [2.45, 2.75) is 25.0 Å². The van der Waals surface area contributed by atoms with Crippen molar-refractivity contribution in [1.29, 1.82) is 0 Å². The Hall–Kier alpha value is -3.28. The number of aromatic nitrogens is 1. The molecule has 0 aliphatic carbocycles. The van der Waals surface area contributed by atoms with E-state index in [9.17, 15) is 27.9 Å². The van der Waals surface area contributed by atoms with Crippen molar-refractivity contribution in [3.8, 4) is 11.1 Å². The van der Waals surface area contributed by atoms with Crippen LogP contribution >= 0.6 is 11.3 Å². The Balaban J connectivity index is 1.61. The number of nitrogens with zero attached hydrogens (tertiary/aromatic N) is 1. The molecule has 2 aromatic carbocycles. The predicted octanol–water partition coefficient (Wildman–Crippen LogP) is 2.76. The van der Waals surface area contributed by atoms with Crippen LogP contribution in [0.3, 0.4) is 0 Å². The fraction of sp³-hybridized carbons (Fsp3) is 0.227. The molecule has 1 aliphatic rings. The van der Waals surface area contributed by atoms with Crippen molar-refractivity contribution in [2.75, 3.05) is 6.54 Å². The molecular formula is C22H19F3N4O3S. The topological polar surface area (TPSA) is 103 Å². The molecule has 1 aromatic heterocycles. The molecule has 2 amide bonds. The predicted molar refractivity (Wildman–Crippen MR) is 115 cm³/mol. The van der Waals surface area contributed by atoms with Crippen LogP contribution in [0.2, 0.25) is 0 Å². The number of hydrogen-bond donors (Lipinski definition) is 4. The molecule has 1 saturated heterocycles. The van der Waals surface area contributed by atoms with E-state index in [4.69, 9.17) is 0 Å². The maximum Gasteiger partial charge on any atom is 0.416 e. The summed E-state index contributed by atoms with van der Waals surface area (Å²) in [5, 5.41) is 17.8. The van der Waals surface area contributed by atoms with E-state index < -0.39 is 35.4 Å². The van der Waals surface area contributed by atoms with Gasteiger partial charge in [0, 0.05) is 5.56 Å². The third-order valence-corrected chi connectivity index (χ3v) is 6.47. The number of aliphatic hydroxyl groups is 1. The molecule has 172 valence electrons. The number of aliphatic hydroxyl groups excluding tert-OH is 1. The van der Waals surface area contributed by atoms with Crippen LogP contribution in [0.4, 0.5) is 13.2 Å². The number of carbonyl (C=O) groups excluding carboxylic acids is 2. The summed E-state index contributed by atoms with van der Waals surface area (Å²) in [5.74, 6) is -1.04. The van der Waals surface area contributed by atoms with E-state index in [1.165, 1.54) is 23.5 Å². The molecule has 2 unspecified atom stereocenters. The van der Waals surface area contributed by atoms with Crippen molar-refractivity contribution in [2.24, 2.45) is 0 Å². The Kier molecular flexibility index (Phi) is 5.95. The summed E-state index contributed by atoms with van der Waals surface area (Å²) in [6, 6.07) is 11.0. The van der Waals surface area contributed by atoms with Gasteiger partial charge in [-0.2, -0.15) is 13.2 Å². The third-order valence-electron chi connectivity index (χ3n) is 5.38. The largest absolute Gasteiger partial charge is 0.416 e.